The molecule has 7 nitrogen and oxygen atoms in total. The third-order valence-electron chi connectivity index (χ3n) is 6.68. The van der Waals surface area contributed by atoms with Crippen LogP contribution in [0.4, 0.5) is 11.4 Å². The molecule has 1 saturated heterocycles. The van der Waals surface area contributed by atoms with Crippen LogP contribution in [-0.4, -0.2) is 40.6 Å². The van der Waals surface area contributed by atoms with Gasteiger partial charge in [-0.15, -0.1) is 0 Å². The lowest BCUT2D eigenvalue weighted by atomic mass is 10.1. The monoisotopic (exact) mass is 541 g/mol. The minimum atomic E-state index is -3.95. The van der Waals surface area contributed by atoms with Crippen LogP contribution in [0.25, 0.3) is 0 Å². The number of nitrogens with zero attached hydrogens (tertiary/aromatic N) is 2. The molecule has 1 fully saturated rings. The molecule has 0 radical (unpaired) electrons. The molecule has 39 heavy (non-hydrogen) atoms. The predicted octanol–water partition coefficient (Wildman–Crippen LogP) is 4.85. The smallest absolute Gasteiger partial charge is 0.264 e. The normalized spacial score (nSPS) is 13.6. The number of benzene rings is 4. The molecule has 8 heteroatoms. The third kappa shape index (κ3) is 6.30. The first kappa shape index (κ1) is 26.5. The lowest BCUT2D eigenvalue weighted by Gasteiger charge is -2.29. The number of amides is 1. The number of carbonyl (C=O) groups is 1. The van der Waals surface area contributed by atoms with Crippen molar-refractivity contribution in [2.45, 2.75) is 18.0 Å². The van der Waals surface area contributed by atoms with Crippen molar-refractivity contribution in [2.24, 2.45) is 0 Å². The molecule has 200 valence electrons. The van der Waals surface area contributed by atoms with Crippen molar-refractivity contribution >= 4 is 27.3 Å². The fraction of sp³-hybridized carbons (Fsp3) is 0.194. The van der Waals surface area contributed by atoms with Crippen LogP contribution in [0.3, 0.4) is 0 Å². The van der Waals surface area contributed by atoms with E-state index in [0.717, 1.165) is 43.1 Å². The Morgan fingerprint density at radius 2 is 1.38 bits per heavy atom. The highest BCUT2D eigenvalue weighted by molar-refractivity contribution is 7.92. The summed E-state index contributed by atoms with van der Waals surface area (Å²) in [7, 11) is -3.95. The van der Waals surface area contributed by atoms with Gasteiger partial charge < -0.3 is 15.0 Å². The topological polar surface area (TPSA) is 79.0 Å². The average Bonchev–Trinajstić information content (AvgIpc) is 3.00. The van der Waals surface area contributed by atoms with Gasteiger partial charge in [-0.05, 0) is 47.5 Å². The molecule has 0 unspecified atom stereocenters. The van der Waals surface area contributed by atoms with E-state index in [9.17, 15) is 13.2 Å². The molecule has 1 aliphatic heterocycles. The van der Waals surface area contributed by atoms with Gasteiger partial charge in [0.1, 0.15) is 0 Å². The number of hydrogen-bond acceptors (Lipinski definition) is 5. The van der Waals surface area contributed by atoms with Crippen molar-refractivity contribution in [1.82, 2.24) is 5.32 Å². The Kier molecular flexibility index (Phi) is 8.24. The van der Waals surface area contributed by atoms with Crippen molar-refractivity contribution in [1.29, 1.82) is 0 Å². The number of morpholine rings is 1. The van der Waals surface area contributed by atoms with E-state index in [1.54, 1.807) is 54.6 Å². The van der Waals surface area contributed by atoms with Gasteiger partial charge in [0.25, 0.3) is 15.9 Å². The van der Waals surface area contributed by atoms with E-state index in [2.05, 4.69) is 22.3 Å². The molecule has 1 amide bonds. The average molecular weight is 542 g/mol. The molecule has 4 aromatic carbocycles. The second kappa shape index (κ2) is 12.1. The number of hydrogen-bond donors (Lipinski definition) is 1. The van der Waals surface area contributed by atoms with E-state index in [-0.39, 0.29) is 22.9 Å². The zero-order chi connectivity index (χ0) is 27.1. The van der Waals surface area contributed by atoms with Gasteiger partial charge in [0, 0.05) is 25.3 Å². The van der Waals surface area contributed by atoms with E-state index in [1.807, 2.05) is 42.5 Å². The van der Waals surface area contributed by atoms with Crippen LogP contribution < -0.4 is 14.5 Å². The second-order valence-electron chi connectivity index (χ2n) is 9.28. The molecule has 1 aliphatic rings. The van der Waals surface area contributed by atoms with Crippen LogP contribution in [-0.2, 0) is 27.8 Å². The first-order valence-corrected chi connectivity index (χ1v) is 14.4. The third-order valence-corrected chi connectivity index (χ3v) is 8.46. The number of carbonyl (C=O) groups excluding carboxylic acids is 1. The Labute approximate surface area is 229 Å². The highest BCUT2D eigenvalue weighted by Crippen LogP contribution is 2.29. The molecule has 0 spiro atoms. The molecular formula is C31H31N3O4S. The van der Waals surface area contributed by atoms with Gasteiger partial charge in [0.15, 0.2) is 0 Å². The fourth-order valence-corrected chi connectivity index (χ4v) is 6.07. The molecule has 5 rings (SSSR count). The predicted molar refractivity (Wildman–Crippen MR) is 153 cm³/mol. The van der Waals surface area contributed by atoms with E-state index in [1.165, 1.54) is 4.31 Å². The summed E-state index contributed by atoms with van der Waals surface area (Å²) in [6.45, 7) is 3.57. The Bertz CT molecular complexity index is 1490. The molecular weight excluding hydrogens is 510 g/mol. The summed E-state index contributed by atoms with van der Waals surface area (Å²) < 4.78 is 34.4. The molecule has 0 bridgehead atoms. The van der Waals surface area contributed by atoms with Gasteiger partial charge in [-0.25, -0.2) is 8.42 Å². The molecule has 4 aromatic rings. The van der Waals surface area contributed by atoms with Crippen molar-refractivity contribution in [2.75, 3.05) is 35.5 Å². The van der Waals surface area contributed by atoms with Crippen LogP contribution >= 0.6 is 0 Å². The fourth-order valence-electron chi connectivity index (χ4n) is 4.58. The van der Waals surface area contributed by atoms with Crippen molar-refractivity contribution in [3.8, 4) is 0 Å². The quantitative estimate of drug-likeness (QED) is 0.328. The summed E-state index contributed by atoms with van der Waals surface area (Å²) in [5, 5.41) is 2.97. The van der Waals surface area contributed by atoms with E-state index < -0.39 is 10.0 Å². The number of anilines is 2. The summed E-state index contributed by atoms with van der Waals surface area (Å²) in [5.41, 5.74) is 3.51. The molecule has 0 aliphatic carbocycles. The van der Waals surface area contributed by atoms with Crippen LogP contribution in [0.5, 0.6) is 0 Å². The Hall–Kier alpha value is -4.14. The molecule has 0 atom stereocenters. The zero-order valence-electron chi connectivity index (χ0n) is 21.6. The largest absolute Gasteiger partial charge is 0.378 e. The minimum Gasteiger partial charge on any atom is -0.378 e. The van der Waals surface area contributed by atoms with Crippen LogP contribution in [0.15, 0.2) is 114 Å². The van der Waals surface area contributed by atoms with Gasteiger partial charge in [-0.2, -0.15) is 0 Å². The number of ether oxygens (including phenoxy) is 1. The summed E-state index contributed by atoms with van der Waals surface area (Å²) in [6, 6.07) is 32.6. The number of nitrogens with one attached hydrogen (secondary N) is 1. The van der Waals surface area contributed by atoms with E-state index in [0.29, 0.717) is 12.2 Å². The Morgan fingerprint density at radius 1 is 0.769 bits per heavy atom. The van der Waals surface area contributed by atoms with Gasteiger partial charge in [0.05, 0.1) is 35.9 Å². The maximum Gasteiger partial charge on any atom is 0.264 e. The van der Waals surface area contributed by atoms with Gasteiger partial charge in [0.2, 0.25) is 0 Å². The number of para-hydroxylation sites is 1. The van der Waals surface area contributed by atoms with Gasteiger partial charge in [-0.3, -0.25) is 9.10 Å². The van der Waals surface area contributed by atoms with Gasteiger partial charge >= 0.3 is 0 Å². The highest BCUT2D eigenvalue weighted by Gasteiger charge is 2.28. The number of sulfonamides is 1. The number of rotatable bonds is 9. The Morgan fingerprint density at radius 3 is 2.08 bits per heavy atom. The molecule has 1 heterocycles. The molecule has 0 saturated carbocycles. The molecule has 1 N–H and O–H groups in total. The van der Waals surface area contributed by atoms with Crippen molar-refractivity contribution < 1.29 is 17.9 Å². The van der Waals surface area contributed by atoms with Crippen LogP contribution in [0.2, 0.25) is 0 Å². The minimum absolute atomic E-state index is 0.0887. The maximum absolute atomic E-state index is 13.8. The lowest BCUT2D eigenvalue weighted by Crippen LogP contribution is -2.36. The highest BCUT2D eigenvalue weighted by atomic mass is 32.2. The summed E-state index contributed by atoms with van der Waals surface area (Å²) in [5.74, 6) is -0.343. The molecule has 0 aromatic heterocycles. The van der Waals surface area contributed by atoms with Crippen molar-refractivity contribution in [3.05, 3.63) is 126 Å². The summed E-state index contributed by atoms with van der Waals surface area (Å²) in [6.07, 6.45) is 0. The standard InChI is InChI=1S/C31H31N3O4S/c35-31(32-23-25-15-17-27(18-16-25)33-19-21-38-22-20-33)29-13-7-8-14-30(29)34(24-26-9-3-1-4-10-26)39(36,37)28-11-5-2-6-12-28/h1-18H,19-24H2,(H,32,35). The maximum atomic E-state index is 13.8. The summed E-state index contributed by atoms with van der Waals surface area (Å²) >= 11 is 0. The van der Waals surface area contributed by atoms with E-state index >= 15 is 0 Å². The van der Waals surface area contributed by atoms with Crippen LogP contribution in [0.1, 0.15) is 21.5 Å². The first-order valence-electron chi connectivity index (χ1n) is 12.9. The SMILES string of the molecule is O=C(NCc1ccc(N2CCOCC2)cc1)c1ccccc1N(Cc1ccccc1)S(=O)(=O)c1ccccc1. The first-order chi connectivity index (χ1) is 19.0. The summed E-state index contributed by atoms with van der Waals surface area (Å²) in [4.78, 5) is 15.9. The second-order valence-corrected chi connectivity index (χ2v) is 11.1. The van der Waals surface area contributed by atoms with Crippen LogP contribution in [0, 0.1) is 0 Å². The van der Waals surface area contributed by atoms with E-state index in [4.69, 9.17) is 4.74 Å². The van der Waals surface area contributed by atoms with Gasteiger partial charge in [-0.1, -0.05) is 72.8 Å². The lowest BCUT2D eigenvalue weighted by molar-refractivity contribution is 0.0951. The Balaban J connectivity index is 1.39. The zero-order valence-corrected chi connectivity index (χ0v) is 22.4. The van der Waals surface area contributed by atoms with Crippen molar-refractivity contribution in [3.63, 3.8) is 0 Å².